The summed E-state index contributed by atoms with van der Waals surface area (Å²) in [4.78, 5) is 0. The van der Waals surface area contributed by atoms with Gasteiger partial charge in [0.15, 0.2) is 11.5 Å². The fraction of sp³-hybridized carbons (Fsp3) is 0.647. The number of hydrogen-bond donors (Lipinski definition) is 0. The smallest absolute Gasteiger partial charge is 0.161 e. The van der Waals surface area contributed by atoms with Crippen LogP contribution in [0.25, 0.3) is 0 Å². The molecule has 0 heterocycles. The average molecular weight is 297 g/mol. The molecule has 0 radical (unpaired) electrons. The highest BCUT2D eigenvalue weighted by atomic mass is 35.5. The van der Waals surface area contributed by atoms with Crippen molar-refractivity contribution < 1.29 is 9.47 Å². The van der Waals surface area contributed by atoms with Gasteiger partial charge >= 0.3 is 0 Å². The zero-order valence-electron chi connectivity index (χ0n) is 12.7. The summed E-state index contributed by atoms with van der Waals surface area (Å²) >= 11 is 5.88. The van der Waals surface area contributed by atoms with Crippen molar-refractivity contribution in [2.75, 3.05) is 6.61 Å². The molecule has 1 fully saturated rings. The van der Waals surface area contributed by atoms with Crippen molar-refractivity contribution in [2.24, 2.45) is 11.8 Å². The summed E-state index contributed by atoms with van der Waals surface area (Å²) in [5, 5.41) is 0. The maximum Gasteiger partial charge on any atom is 0.161 e. The second-order valence-corrected chi connectivity index (χ2v) is 6.12. The maximum atomic E-state index is 6.19. The van der Waals surface area contributed by atoms with Crippen LogP contribution >= 0.6 is 11.6 Å². The molecule has 2 nitrogen and oxygen atoms in total. The molecule has 20 heavy (non-hydrogen) atoms. The molecule has 1 aliphatic carbocycles. The number of ether oxygens (including phenoxy) is 2. The number of rotatable bonds is 5. The molecule has 1 aliphatic rings. The SMILES string of the molecule is CCOc1cc(CCl)ccc1OC1CCC(C)C(C)C1. The molecule has 0 N–H and O–H groups in total. The molecular weight excluding hydrogens is 272 g/mol. The third-order valence-electron chi connectivity index (χ3n) is 4.31. The molecule has 1 aromatic carbocycles. The number of hydrogen-bond acceptors (Lipinski definition) is 2. The van der Waals surface area contributed by atoms with E-state index in [1.807, 2.05) is 25.1 Å². The Morgan fingerprint density at radius 1 is 1.15 bits per heavy atom. The molecule has 0 bridgehead atoms. The van der Waals surface area contributed by atoms with Crippen LogP contribution < -0.4 is 9.47 Å². The Hall–Kier alpha value is -0.890. The normalized spacial score (nSPS) is 26.3. The van der Waals surface area contributed by atoms with Gasteiger partial charge in [0.1, 0.15) is 0 Å². The summed E-state index contributed by atoms with van der Waals surface area (Å²) in [6, 6.07) is 5.99. The largest absolute Gasteiger partial charge is 0.490 e. The zero-order chi connectivity index (χ0) is 14.5. The second-order valence-electron chi connectivity index (χ2n) is 5.86. The lowest BCUT2D eigenvalue weighted by Crippen LogP contribution is -2.28. The molecule has 112 valence electrons. The minimum Gasteiger partial charge on any atom is -0.490 e. The van der Waals surface area contributed by atoms with Crippen molar-refractivity contribution in [1.29, 1.82) is 0 Å². The van der Waals surface area contributed by atoms with Crippen molar-refractivity contribution in [1.82, 2.24) is 0 Å². The van der Waals surface area contributed by atoms with Gasteiger partial charge in [0.05, 0.1) is 12.7 Å². The van der Waals surface area contributed by atoms with Crippen molar-refractivity contribution in [3.8, 4) is 11.5 Å². The molecular formula is C17H25ClO2. The van der Waals surface area contributed by atoms with Crippen LogP contribution in [0.3, 0.4) is 0 Å². The van der Waals surface area contributed by atoms with Gasteiger partial charge in [0, 0.05) is 5.88 Å². The predicted molar refractivity (Wildman–Crippen MR) is 83.8 cm³/mol. The van der Waals surface area contributed by atoms with Gasteiger partial charge in [-0.25, -0.2) is 0 Å². The lowest BCUT2D eigenvalue weighted by molar-refractivity contribution is 0.0969. The fourth-order valence-corrected chi connectivity index (χ4v) is 2.95. The first kappa shape index (κ1) is 15.5. The van der Waals surface area contributed by atoms with Crippen LogP contribution in [0.15, 0.2) is 18.2 Å². The van der Waals surface area contributed by atoms with Gasteiger partial charge in [-0.15, -0.1) is 11.6 Å². The molecule has 1 aromatic rings. The van der Waals surface area contributed by atoms with Crippen molar-refractivity contribution in [3.63, 3.8) is 0 Å². The van der Waals surface area contributed by atoms with Crippen LogP contribution in [0.4, 0.5) is 0 Å². The highest BCUT2D eigenvalue weighted by Crippen LogP contribution is 2.35. The predicted octanol–water partition coefficient (Wildman–Crippen LogP) is 5.03. The van der Waals surface area contributed by atoms with E-state index in [0.717, 1.165) is 41.7 Å². The van der Waals surface area contributed by atoms with Crippen LogP contribution in [0, 0.1) is 11.8 Å². The van der Waals surface area contributed by atoms with Gasteiger partial charge in [0.2, 0.25) is 0 Å². The Kier molecular flexibility index (Phi) is 5.59. The molecule has 3 unspecified atom stereocenters. The lowest BCUT2D eigenvalue weighted by Gasteiger charge is -2.32. The van der Waals surface area contributed by atoms with E-state index in [-0.39, 0.29) is 0 Å². The van der Waals surface area contributed by atoms with Crippen LogP contribution in [0.1, 0.15) is 45.6 Å². The van der Waals surface area contributed by atoms with Crippen LogP contribution in [-0.4, -0.2) is 12.7 Å². The number of benzene rings is 1. The first-order valence-corrected chi connectivity index (χ1v) is 8.15. The Morgan fingerprint density at radius 2 is 1.95 bits per heavy atom. The Morgan fingerprint density at radius 3 is 2.60 bits per heavy atom. The Bertz CT molecular complexity index is 433. The van der Waals surface area contributed by atoms with E-state index in [1.54, 1.807) is 0 Å². The van der Waals surface area contributed by atoms with Gasteiger partial charge < -0.3 is 9.47 Å². The van der Waals surface area contributed by atoms with E-state index in [1.165, 1.54) is 6.42 Å². The minimum atomic E-state index is 0.308. The molecule has 1 saturated carbocycles. The molecule has 3 heteroatoms. The molecule has 0 saturated heterocycles. The molecule has 0 amide bonds. The maximum absolute atomic E-state index is 6.19. The van der Waals surface area contributed by atoms with E-state index < -0.39 is 0 Å². The summed E-state index contributed by atoms with van der Waals surface area (Å²) in [5.74, 6) is 3.70. The van der Waals surface area contributed by atoms with Gasteiger partial charge in [-0.2, -0.15) is 0 Å². The van der Waals surface area contributed by atoms with E-state index in [4.69, 9.17) is 21.1 Å². The molecule has 0 spiro atoms. The van der Waals surface area contributed by atoms with E-state index in [0.29, 0.717) is 18.6 Å². The molecule has 0 aliphatic heterocycles. The van der Waals surface area contributed by atoms with Gasteiger partial charge in [-0.1, -0.05) is 19.9 Å². The highest BCUT2D eigenvalue weighted by molar-refractivity contribution is 6.17. The molecule has 3 atom stereocenters. The van der Waals surface area contributed by atoms with Crippen molar-refractivity contribution in [2.45, 2.75) is 52.0 Å². The third-order valence-corrected chi connectivity index (χ3v) is 4.61. The van der Waals surface area contributed by atoms with E-state index in [2.05, 4.69) is 13.8 Å². The minimum absolute atomic E-state index is 0.308. The van der Waals surface area contributed by atoms with Gasteiger partial charge in [0.25, 0.3) is 0 Å². The summed E-state index contributed by atoms with van der Waals surface area (Å²) in [6.07, 6.45) is 3.82. The van der Waals surface area contributed by atoms with E-state index >= 15 is 0 Å². The number of halogens is 1. The topological polar surface area (TPSA) is 18.5 Å². The quantitative estimate of drug-likeness (QED) is 0.710. The van der Waals surface area contributed by atoms with Crippen LogP contribution in [0.5, 0.6) is 11.5 Å². The molecule has 2 rings (SSSR count). The summed E-state index contributed by atoms with van der Waals surface area (Å²) in [5.41, 5.74) is 1.06. The average Bonchev–Trinajstić information content (AvgIpc) is 2.45. The number of alkyl halides is 1. The summed E-state index contributed by atoms with van der Waals surface area (Å²) < 4.78 is 11.9. The third kappa shape index (κ3) is 3.82. The zero-order valence-corrected chi connectivity index (χ0v) is 13.5. The first-order chi connectivity index (χ1) is 9.63. The summed E-state index contributed by atoms with van der Waals surface area (Å²) in [7, 11) is 0. The fourth-order valence-electron chi connectivity index (χ4n) is 2.79. The van der Waals surface area contributed by atoms with E-state index in [9.17, 15) is 0 Å². The Balaban J connectivity index is 2.08. The lowest BCUT2D eigenvalue weighted by atomic mass is 9.80. The van der Waals surface area contributed by atoms with Crippen molar-refractivity contribution >= 4 is 11.6 Å². The highest BCUT2D eigenvalue weighted by Gasteiger charge is 2.26. The van der Waals surface area contributed by atoms with Gasteiger partial charge in [-0.05, 0) is 55.7 Å². The van der Waals surface area contributed by atoms with Gasteiger partial charge in [-0.3, -0.25) is 0 Å². The second kappa shape index (κ2) is 7.21. The summed E-state index contributed by atoms with van der Waals surface area (Å²) in [6.45, 7) is 7.28. The molecule has 0 aromatic heterocycles. The standard InChI is InChI=1S/C17H25ClO2/c1-4-19-17-10-14(11-18)6-8-16(17)20-15-7-5-12(2)13(3)9-15/h6,8,10,12-13,15H,4-5,7,9,11H2,1-3H3. The van der Waals surface area contributed by atoms with Crippen LogP contribution in [0.2, 0.25) is 0 Å². The Labute approximate surface area is 127 Å². The van der Waals surface area contributed by atoms with Crippen LogP contribution in [-0.2, 0) is 5.88 Å². The monoisotopic (exact) mass is 296 g/mol. The van der Waals surface area contributed by atoms with Crippen molar-refractivity contribution in [3.05, 3.63) is 23.8 Å². The first-order valence-electron chi connectivity index (χ1n) is 7.62.